The lowest BCUT2D eigenvalue weighted by Crippen LogP contribution is -2.39. The lowest BCUT2D eigenvalue weighted by atomic mass is 10.1. The Morgan fingerprint density at radius 2 is 1.50 bits per heavy atom. The fraction of sp³-hybridized carbons (Fsp3) is 0.231. The normalized spacial score (nSPS) is 21.1. The fourth-order valence-electron chi connectivity index (χ4n) is 2.12. The highest BCUT2D eigenvalue weighted by Gasteiger charge is 2.39. The zero-order chi connectivity index (χ0) is 11.7. The molecular weight excluding hydrogens is 202 g/mol. The third-order valence-corrected chi connectivity index (χ3v) is 2.94. The van der Waals surface area contributed by atoms with Crippen LogP contribution < -0.4 is 0 Å². The summed E-state index contributed by atoms with van der Waals surface area (Å²) >= 11 is 0. The Kier molecular flexibility index (Phi) is 2.60. The monoisotopic (exact) mass is 215 g/mol. The van der Waals surface area contributed by atoms with Gasteiger partial charge in [0.05, 0.1) is 11.1 Å². The average molecular weight is 215 g/mol. The van der Waals surface area contributed by atoms with Crippen LogP contribution >= 0.6 is 0 Å². The molecule has 1 heterocycles. The zero-order valence-electron chi connectivity index (χ0n) is 8.98. The Balaban J connectivity index is 2.34. The van der Waals surface area contributed by atoms with E-state index in [9.17, 15) is 9.59 Å². The first-order valence-corrected chi connectivity index (χ1v) is 5.22. The van der Waals surface area contributed by atoms with Gasteiger partial charge in [-0.25, -0.2) is 0 Å². The van der Waals surface area contributed by atoms with E-state index in [1.165, 1.54) is 17.1 Å². The highest BCUT2D eigenvalue weighted by atomic mass is 16.2. The summed E-state index contributed by atoms with van der Waals surface area (Å²) in [4.78, 5) is 25.3. The van der Waals surface area contributed by atoms with E-state index in [-0.39, 0.29) is 17.9 Å². The van der Waals surface area contributed by atoms with Crippen LogP contribution in [-0.2, 0) is 9.59 Å². The molecule has 0 fully saturated rings. The second-order valence-electron chi connectivity index (χ2n) is 3.81. The maximum Gasteiger partial charge on any atom is 0.261 e. The van der Waals surface area contributed by atoms with E-state index in [1.54, 1.807) is 0 Å². The third-order valence-electron chi connectivity index (χ3n) is 2.94. The zero-order valence-corrected chi connectivity index (χ0v) is 8.98. The van der Waals surface area contributed by atoms with Gasteiger partial charge in [0.15, 0.2) is 0 Å². The van der Waals surface area contributed by atoms with Crippen molar-refractivity contribution in [1.82, 2.24) is 4.90 Å². The minimum Gasteiger partial charge on any atom is -0.271 e. The van der Waals surface area contributed by atoms with Crippen LogP contribution in [0.5, 0.6) is 0 Å². The second kappa shape index (κ2) is 3.93. The summed E-state index contributed by atoms with van der Waals surface area (Å²) in [7, 11) is 0. The number of nitrogens with zero attached hydrogens (tertiary/aromatic N) is 1. The molecule has 2 rings (SSSR count). The van der Waals surface area contributed by atoms with E-state index >= 15 is 0 Å². The van der Waals surface area contributed by atoms with Crippen LogP contribution in [-0.4, -0.2) is 22.8 Å². The number of carbonyl (C=O) groups excluding carboxylic acids is 2. The predicted octanol–water partition coefficient (Wildman–Crippen LogP) is 1.74. The Labute approximate surface area is 94.4 Å². The van der Waals surface area contributed by atoms with Crippen LogP contribution in [0.25, 0.3) is 0 Å². The number of amides is 2. The summed E-state index contributed by atoms with van der Waals surface area (Å²) < 4.78 is 0. The molecule has 0 N–H and O–H groups in total. The van der Waals surface area contributed by atoms with Crippen molar-refractivity contribution in [2.24, 2.45) is 0 Å². The fourth-order valence-corrected chi connectivity index (χ4v) is 2.12. The number of hydrogen-bond donors (Lipinski definition) is 0. The maximum atomic E-state index is 12.0. The summed E-state index contributed by atoms with van der Waals surface area (Å²) in [5.41, 5.74) is 0.735. The van der Waals surface area contributed by atoms with Gasteiger partial charge in [-0.3, -0.25) is 14.5 Å². The third kappa shape index (κ3) is 1.36. The molecule has 16 heavy (non-hydrogen) atoms. The van der Waals surface area contributed by atoms with Gasteiger partial charge in [0.2, 0.25) is 0 Å². The summed E-state index contributed by atoms with van der Waals surface area (Å²) in [5.74, 6) is -0.493. The van der Waals surface area contributed by atoms with Crippen LogP contribution in [0.4, 0.5) is 0 Å². The molecule has 1 aliphatic heterocycles. The molecule has 0 saturated heterocycles. The van der Waals surface area contributed by atoms with Gasteiger partial charge < -0.3 is 0 Å². The van der Waals surface area contributed by atoms with Crippen molar-refractivity contribution in [2.45, 2.75) is 18.9 Å². The molecule has 0 aromatic carbocycles. The highest BCUT2D eigenvalue weighted by Crippen LogP contribution is 2.28. The molecule has 0 spiro atoms. The van der Waals surface area contributed by atoms with Crippen LogP contribution in [0.1, 0.15) is 12.8 Å². The minimum atomic E-state index is -0.247. The van der Waals surface area contributed by atoms with Crippen molar-refractivity contribution < 1.29 is 9.59 Å². The van der Waals surface area contributed by atoms with Gasteiger partial charge in [-0.15, -0.1) is 0 Å². The Morgan fingerprint density at radius 3 is 1.88 bits per heavy atom. The van der Waals surface area contributed by atoms with E-state index in [0.717, 1.165) is 12.8 Å². The predicted molar refractivity (Wildman–Crippen MR) is 61.4 cm³/mol. The number of rotatable bonds is 3. The summed E-state index contributed by atoms with van der Waals surface area (Å²) in [6, 6.07) is -0.0348. The number of carbonyl (C=O) groups is 2. The van der Waals surface area contributed by atoms with E-state index in [2.05, 4.69) is 13.2 Å². The smallest absolute Gasteiger partial charge is 0.261 e. The van der Waals surface area contributed by atoms with Crippen LogP contribution in [0, 0.1) is 0 Å². The molecular formula is C13H13NO2. The molecule has 0 saturated carbocycles. The Bertz CT molecular complexity index is 405. The first-order chi connectivity index (χ1) is 7.70. The summed E-state index contributed by atoms with van der Waals surface area (Å²) in [5, 5.41) is 0. The van der Waals surface area contributed by atoms with Crippen molar-refractivity contribution in [2.75, 3.05) is 0 Å². The van der Waals surface area contributed by atoms with Crippen LogP contribution in [0.3, 0.4) is 0 Å². The second-order valence-corrected chi connectivity index (χ2v) is 3.81. The maximum absolute atomic E-state index is 12.0. The molecule has 3 heteroatoms. The highest BCUT2D eigenvalue weighted by molar-refractivity contribution is 6.22. The van der Waals surface area contributed by atoms with Gasteiger partial charge in [-0.2, -0.15) is 0 Å². The van der Waals surface area contributed by atoms with Gasteiger partial charge in [0, 0.05) is 6.04 Å². The molecule has 0 aromatic heterocycles. The van der Waals surface area contributed by atoms with Crippen molar-refractivity contribution in [3.63, 3.8) is 0 Å². The molecule has 82 valence electrons. The largest absolute Gasteiger partial charge is 0.271 e. The SMILES string of the molecule is C=CC1=C(C=C)C(=O)N(C2CC=CC2)C1=O. The van der Waals surface area contributed by atoms with Gasteiger partial charge in [-0.05, 0) is 12.8 Å². The number of hydrogen-bond acceptors (Lipinski definition) is 2. The van der Waals surface area contributed by atoms with Crippen molar-refractivity contribution in [3.8, 4) is 0 Å². The lowest BCUT2D eigenvalue weighted by molar-refractivity contribution is -0.139. The Morgan fingerprint density at radius 1 is 1.06 bits per heavy atom. The molecule has 0 aromatic rings. The van der Waals surface area contributed by atoms with E-state index < -0.39 is 0 Å². The molecule has 0 radical (unpaired) electrons. The molecule has 3 nitrogen and oxygen atoms in total. The van der Waals surface area contributed by atoms with Crippen LogP contribution in [0.2, 0.25) is 0 Å². The summed E-state index contributed by atoms with van der Waals surface area (Å²) in [6.07, 6.45) is 8.33. The molecule has 0 unspecified atom stereocenters. The van der Waals surface area contributed by atoms with E-state index in [1.807, 2.05) is 12.2 Å². The summed E-state index contributed by atoms with van der Waals surface area (Å²) in [6.45, 7) is 7.13. The van der Waals surface area contributed by atoms with E-state index in [4.69, 9.17) is 0 Å². The topological polar surface area (TPSA) is 37.4 Å². The first-order valence-electron chi connectivity index (χ1n) is 5.22. The lowest BCUT2D eigenvalue weighted by Gasteiger charge is -2.22. The van der Waals surface area contributed by atoms with Gasteiger partial charge in [0.1, 0.15) is 0 Å². The first kappa shape index (κ1) is 10.6. The van der Waals surface area contributed by atoms with Crippen molar-refractivity contribution in [3.05, 3.63) is 48.6 Å². The van der Waals surface area contributed by atoms with Gasteiger partial charge in [0.25, 0.3) is 11.8 Å². The standard InChI is InChI=1S/C13H13NO2/c1-3-10-11(4-2)13(16)14(12(10)15)9-7-5-6-8-9/h3-6,9H,1-2,7-8H2. The Hall–Kier alpha value is -1.90. The number of imide groups is 1. The van der Waals surface area contributed by atoms with Gasteiger partial charge >= 0.3 is 0 Å². The van der Waals surface area contributed by atoms with Gasteiger partial charge in [-0.1, -0.05) is 37.5 Å². The van der Waals surface area contributed by atoms with Crippen molar-refractivity contribution >= 4 is 11.8 Å². The molecule has 2 aliphatic rings. The molecule has 2 amide bonds. The minimum absolute atomic E-state index is 0.0348. The molecule has 1 aliphatic carbocycles. The molecule has 0 bridgehead atoms. The quantitative estimate of drug-likeness (QED) is 0.531. The van der Waals surface area contributed by atoms with Crippen molar-refractivity contribution in [1.29, 1.82) is 0 Å². The average Bonchev–Trinajstić information content (AvgIpc) is 2.85. The van der Waals surface area contributed by atoms with E-state index in [0.29, 0.717) is 11.1 Å². The van der Waals surface area contributed by atoms with Crippen LogP contribution in [0.15, 0.2) is 48.6 Å². The molecule has 0 atom stereocenters.